The predicted octanol–water partition coefficient (Wildman–Crippen LogP) is 0.882. The van der Waals surface area contributed by atoms with E-state index in [1.165, 1.54) is 0 Å². The molecular formula is C17H21N3O3. The van der Waals surface area contributed by atoms with Gasteiger partial charge in [0.15, 0.2) is 0 Å². The SMILES string of the molecule is C=CCN1C(=O)CO[C@@H]2CN(C(=O)c3ccc(CC)nc3)C[C@H]21. The van der Waals surface area contributed by atoms with Gasteiger partial charge in [0.1, 0.15) is 6.61 Å². The van der Waals surface area contributed by atoms with Gasteiger partial charge in [-0.25, -0.2) is 0 Å². The molecule has 0 radical (unpaired) electrons. The molecule has 2 amide bonds. The fraction of sp³-hybridized carbons (Fsp3) is 0.471. The van der Waals surface area contributed by atoms with Crippen LogP contribution in [0.3, 0.4) is 0 Å². The molecule has 2 aliphatic heterocycles. The first-order chi connectivity index (χ1) is 11.1. The Hall–Kier alpha value is -2.21. The molecule has 1 aromatic heterocycles. The number of carbonyl (C=O) groups excluding carboxylic acids is 2. The topological polar surface area (TPSA) is 62.7 Å². The molecule has 6 nitrogen and oxygen atoms in total. The molecule has 2 saturated heterocycles. The average molecular weight is 315 g/mol. The largest absolute Gasteiger partial charge is 0.364 e. The van der Waals surface area contributed by atoms with E-state index in [4.69, 9.17) is 4.74 Å². The first-order valence-electron chi connectivity index (χ1n) is 7.90. The van der Waals surface area contributed by atoms with Gasteiger partial charge in [-0.05, 0) is 18.6 Å². The number of likely N-dealkylation sites (tertiary alicyclic amines) is 1. The molecule has 3 rings (SSSR count). The van der Waals surface area contributed by atoms with Crippen LogP contribution in [-0.4, -0.2) is 65.0 Å². The van der Waals surface area contributed by atoms with E-state index in [0.29, 0.717) is 25.2 Å². The van der Waals surface area contributed by atoms with E-state index in [-0.39, 0.29) is 30.6 Å². The Kier molecular flexibility index (Phi) is 4.43. The summed E-state index contributed by atoms with van der Waals surface area (Å²) in [5, 5.41) is 0. The second-order valence-electron chi connectivity index (χ2n) is 5.85. The lowest BCUT2D eigenvalue weighted by Gasteiger charge is -2.35. The number of aryl methyl sites for hydroxylation is 1. The number of fused-ring (bicyclic) bond motifs is 1. The molecule has 6 heteroatoms. The Balaban J connectivity index is 1.73. The van der Waals surface area contributed by atoms with Gasteiger partial charge in [0.2, 0.25) is 5.91 Å². The minimum absolute atomic E-state index is 0.0468. The van der Waals surface area contributed by atoms with Crippen molar-refractivity contribution in [1.29, 1.82) is 0 Å². The smallest absolute Gasteiger partial charge is 0.255 e. The Morgan fingerprint density at radius 1 is 1.48 bits per heavy atom. The molecule has 1 aromatic rings. The van der Waals surface area contributed by atoms with Crippen LogP contribution in [0.5, 0.6) is 0 Å². The van der Waals surface area contributed by atoms with Gasteiger partial charge in [-0.15, -0.1) is 6.58 Å². The summed E-state index contributed by atoms with van der Waals surface area (Å²) in [6, 6.07) is 3.59. The molecule has 3 heterocycles. The molecule has 2 fully saturated rings. The van der Waals surface area contributed by atoms with Crippen molar-refractivity contribution in [3.63, 3.8) is 0 Å². The maximum atomic E-state index is 12.6. The first-order valence-corrected chi connectivity index (χ1v) is 7.90. The van der Waals surface area contributed by atoms with E-state index in [1.807, 2.05) is 19.1 Å². The fourth-order valence-electron chi connectivity index (χ4n) is 3.15. The highest BCUT2D eigenvalue weighted by Crippen LogP contribution is 2.24. The highest BCUT2D eigenvalue weighted by molar-refractivity contribution is 5.94. The summed E-state index contributed by atoms with van der Waals surface area (Å²) in [7, 11) is 0. The van der Waals surface area contributed by atoms with E-state index in [1.54, 1.807) is 22.1 Å². The zero-order valence-corrected chi connectivity index (χ0v) is 13.3. The van der Waals surface area contributed by atoms with Crippen molar-refractivity contribution < 1.29 is 14.3 Å². The van der Waals surface area contributed by atoms with Crippen LogP contribution in [0, 0.1) is 0 Å². The van der Waals surface area contributed by atoms with Crippen LogP contribution < -0.4 is 0 Å². The summed E-state index contributed by atoms with van der Waals surface area (Å²) in [6.07, 6.45) is 4.04. The highest BCUT2D eigenvalue weighted by Gasteiger charge is 2.44. The maximum absolute atomic E-state index is 12.6. The Labute approximate surface area is 135 Å². The molecule has 0 unspecified atom stereocenters. The van der Waals surface area contributed by atoms with Gasteiger partial charge in [0.05, 0.1) is 17.7 Å². The van der Waals surface area contributed by atoms with Crippen LogP contribution in [0.2, 0.25) is 0 Å². The number of amides is 2. The number of nitrogens with zero attached hydrogens (tertiary/aromatic N) is 3. The van der Waals surface area contributed by atoms with Gasteiger partial charge in [0.25, 0.3) is 5.91 Å². The van der Waals surface area contributed by atoms with Crippen LogP contribution in [0.4, 0.5) is 0 Å². The number of ether oxygens (including phenoxy) is 1. The second-order valence-corrected chi connectivity index (χ2v) is 5.85. The third-order valence-corrected chi connectivity index (χ3v) is 4.43. The standard InChI is InChI=1S/C17H21N3O3/c1-3-7-20-14-9-19(10-15(14)23-11-16(20)21)17(22)12-5-6-13(4-2)18-8-12/h3,5-6,8,14-15H,1,4,7,9-11H2,2H3/t14-,15-/m1/s1. The Bertz CT molecular complexity index is 614. The van der Waals surface area contributed by atoms with Crippen molar-refractivity contribution in [2.24, 2.45) is 0 Å². The molecule has 122 valence electrons. The lowest BCUT2D eigenvalue weighted by Crippen LogP contribution is -2.53. The van der Waals surface area contributed by atoms with Gasteiger partial charge in [-0.3, -0.25) is 14.6 Å². The monoisotopic (exact) mass is 315 g/mol. The van der Waals surface area contributed by atoms with Gasteiger partial charge >= 0.3 is 0 Å². The van der Waals surface area contributed by atoms with Crippen LogP contribution >= 0.6 is 0 Å². The van der Waals surface area contributed by atoms with Gasteiger partial charge in [-0.2, -0.15) is 0 Å². The number of rotatable bonds is 4. The lowest BCUT2D eigenvalue weighted by atomic mass is 10.1. The van der Waals surface area contributed by atoms with Gasteiger partial charge in [-0.1, -0.05) is 13.0 Å². The highest BCUT2D eigenvalue weighted by atomic mass is 16.5. The minimum Gasteiger partial charge on any atom is -0.364 e. The van der Waals surface area contributed by atoms with E-state index < -0.39 is 0 Å². The van der Waals surface area contributed by atoms with Crippen molar-refractivity contribution in [2.45, 2.75) is 25.5 Å². The van der Waals surface area contributed by atoms with Crippen LogP contribution in [0.25, 0.3) is 0 Å². The second kappa shape index (κ2) is 6.50. The molecule has 23 heavy (non-hydrogen) atoms. The molecule has 2 atom stereocenters. The van der Waals surface area contributed by atoms with E-state index in [0.717, 1.165) is 12.1 Å². The van der Waals surface area contributed by atoms with Crippen molar-refractivity contribution in [3.05, 3.63) is 42.2 Å². The molecule has 2 aliphatic rings. The van der Waals surface area contributed by atoms with Crippen LogP contribution in [-0.2, 0) is 16.0 Å². The quantitative estimate of drug-likeness (QED) is 0.774. The summed E-state index contributed by atoms with van der Waals surface area (Å²) in [6.45, 7) is 7.27. The molecule has 0 aromatic carbocycles. The van der Waals surface area contributed by atoms with E-state index >= 15 is 0 Å². The maximum Gasteiger partial charge on any atom is 0.255 e. The molecule has 0 spiro atoms. The summed E-state index contributed by atoms with van der Waals surface area (Å²) in [4.78, 5) is 32.4. The first kappa shape index (κ1) is 15.7. The molecule has 0 bridgehead atoms. The van der Waals surface area contributed by atoms with Gasteiger partial charge in [0, 0.05) is 31.5 Å². The van der Waals surface area contributed by atoms with Crippen LogP contribution in [0.1, 0.15) is 23.0 Å². The third kappa shape index (κ3) is 2.99. The summed E-state index contributed by atoms with van der Waals surface area (Å²) < 4.78 is 5.61. The van der Waals surface area contributed by atoms with Crippen molar-refractivity contribution in [2.75, 3.05) is 26.2 Å². The minimum atomic E-state index is -0.125. The zero-order valence-electron chi connectivity index (χ0n) is 13.3. The van der Waals surface area contributed by atoms with Gasteiger partial charge < -0.3 is 14.5 Å². The molecule has 0 saturated carbocycles. The number of hydrogen-bond donors (Lipinski definition) is 0. The number of carbonyl (C=O) groups is 2. The zero-order chi connectivity index (χ0) is 16.4. The van der Waals surface area contributed by atoms with Crippen molar-refractivity contribution in [1.82, 2.24) is 14.8 Å². The number of aromatic nitrogens is 1. The fourth-order valence-corrected chi connectivity index (χ4v) is 3.15. The Morgan fingerprint density at radius 2 is 2.30 bits per heavy atom. The normalized spacial score (nSPS) is 23.8. The summed E-state index contributed by atoms with van der Waals surface area (Å²) >= 11 is 0. The number of morpholine rings is 1. The summed E-state index contributed by atoms with van der Waals surface area (Å²) in [5.74, 6) is -0.112. The molecular weight excluding hydrogens is 294 g/mol. The molecule has 0 aliphatic carbocycles. The Morgan fingerprint density at radius 3 is 2.96 bits per heavy atom. The van der Waals surface area contributed by atoms with Crippen molar-refractivity contribution in [3.8, 4) is 0 Å². The van der Waals surface area contributed by atoms with Crippen LogP contribution in [0.15, 0.2) is 31.0 Å². The number of pyridine rings is 1. The van der Waals surface area contributed by atoms with Crippen molar-refractivity contribution >= 4 is 11.8 Å². The average Bonchev–Trinajstić information content (AvgIpc) is 3.01. The van der Waals surface area contributed by atoms with E-state index in [9.17, 15) is 9.59 Å². The summed E-state index contributed by atoms with van der Waals surface area (Å²) in [5.41, 5.74) is 1.53. The number of hydrogen-bond acceptors (Lipinski definition) is 4. The third-order valence-electron chi connectivity index (χ3n) is 4.43. The predicted molar refractivity (Wildman–Crippen MR) is 85.0 cm³/mol. The molecule has 0 N–H and O–H groups in total. The lowest BCUT2D eigenvalue weighted by molar-refractivity contribution is -0.151. The van der Waals surface area contributed by atoms with E-state index in [2.05, 4.69) is 11.6 Å².